The van der Waals surface area contributed by atoms with E-state index >= 15 is 0 Å². The van der Waals surface area contributed by atoms with Gasteiger partial charge in [0.1, 0.15) is 0 Å². The standard InChI is InChI=1S/C15H28N2O3/c1-9(2)12(16-15-19-8-20-15)14(18)17(5)13(10(3)4)11-6-7-11/h9-13,15-16H,6-8H2,1-5H3/t12-,13+/m0/s1. The van der Waals surface area contributed by atoms with Crippen LogP contribution in [0, 0.1) is 17.8 Å². The smallest absolute Gasteiger partial charge is 0.240 e. The molecule has 2 rings (SSSR count). The zero-order valence-electron chi connectivity index (χ0n) is 13.3. The molecule has 1 saturated heterocycles. The van der Waals surface area contributed by atoms with Crippen molar-refractivity contribution in [1.29, 1.82) is 0 Å². The number of likely N-dealkylation sites (N-methyl/N-ethyl adjacent to an activating group) is 1. The topological polar surface area (TPSA) is 50.8 Å². The van der Waals surface area contributed by atoms with Gasteiger partial charge in [0.25, 0.3) is 0 Å². The van der Waals surface area contributed by atoms with Gasteiger partial charge in [0.2, 0.25) is 12.3 Å². The highest BCUT2D eigenvalue weighted by Gasteiger charge is 2.40. The zero-order valence-corrected chi connectivity index (χ0v) is 13.3. The van der Waals surface area contributed by atoms with Crippen molar-refractivity contribution in [2.45, 2.75) is 59.0 Å². The van der Waals surface area contributed by atoms with Crippen molar-refractivity contribution >= 4 is 5.91 Å². The molecule has 0 aromatic rings. The predicted octanol–water partition coefficient (Wildman–Crippen LogP) is 1.78. The van der Waals surface area contributed by atoms with Crippen LogP contribution >= 0.6 is 0 Å². The third-order valence-electron chi connectivity index (χ3n) is 4.27. The Balaban J connectivity index is 2.00. The Bertz CT molecular complexity index is 336. The first-order valence-electron chi connectivity index (χ1n) is 7.67. The number of hydrogen-bond donors (Lipinski definition) is 1. The summed E-state index contributed by atoms with van der Waals surface area (Å²) >= 11 is 0. The van der Waals surface area contributed by atoms with Gasteiger partial charge < -0.3 is 14.4 Å². The van der Waals surface area contributed by atoms with Crippen LogP contribution in [0.1, 0.15) is 40.5 Å². The summed E-state index contributed by atoms with van der Waals surface area (Å²) in [6.07, 6.45) is 2.06. The fraction of sp³-hybridized carbons (Fsp3) is 0.933. The normalized spacial score (nSPS) is 22.8. The van der Waals surface area contributed by atoms with E-state index in [4.69, 9.17) is 9.47 Å². The molecule has 0 bridgehead atoms. The molecule has 5 heteroatoms. The van der Waals surface area contributed by atoms with Crippen molar-refractivity contribution in [3.63, 3.8) is 0 Å². The Labute approximate surface area is 122 Å². The van der Waals surface area contributed by atoms with Crippen LogP contribution in [0.25, 0.3) is 0 Å². The van der Waals surface area contributed by atoms with Gasteiger partial charge in [-0.2, -0.15) is 0 Å². The van der Waals surface area contributed by atoms with Crippen molar-refractivity contribution < 1.29 is 14.3 Å². The van der Waals surface area contributed by atoms with E-state index in [1.165, 1.54) is 12.8 Å². The van der Waals surface area contributed by atoms with Crippen LogP contribution < -0.4 is 5.32 Å². The lowest BCUT2D eigenvalue weighted by Crippen LogP contribution is -2.58. The van der Waals surface area contributed by atoms with Gasteiger partial charge in [0.05, 0.1) is 6.04 Å². The van der Waals surface area contributed by atoms with Gasteiger partial charge in [-0.3, -0.25) is 10.1 Å². The van der Waals surface area contributed by atoms with Crippen molar-refractivity contribution in [3.8, 4) is 0 Å². The minimum atomic E-state index is -0.432. The Morgan fingerprint density at radius 3 is 2.10 bits per heavy atom. The number of amides is 1. The lowest BCUT2D eigenvalue weighted by Gasteiger charge is -2.38. The minimum Gasteiger partial charge on any atom is -0.341 e. The molecule has 1 aliphatic heterocycles. The Morgan fingerprint density at radius 2 is 1.75 bits per heavy atom. The molecular weight excluding hydrogens is 256 g/mol. The predicted molar refractivity (Wildman–Crippen MR) is 76.7 cm³/mol. The SMILES string of the molecule is CC(C)[C@H](C1CC1)N(C)C(=O)[C@@H](NC1OCO1)C(C)C. The average Bonchev–Trinajstić information content (AvgIpc) is 3.10. The van der Waals surface area contributed by atoms with Gasteiger partial charge in [0, 0.05) is 13.1 Å². The lowest BCUT2D eigenvalue weighted by molar-refractivity contribution is -0.335. The van der Waals surface area contributed by atoms with Gasteiger partial charge in [-0.15, -0.1) is 0 Å². The van der Waals surface area contributed by atoms with E-state index in [9.17, 15) is 4.79 Å². The molecule has 5 nitrogen and oxygen atoms in total. The first-order chi connectivity index (χ1) is 9.41. The van der Waals surface area contributed by atoms with E-state index in [-0.39, 0.29) is 17.9 Å². The third kappa shape index (κ3) is 3.51. The highest BCUT2D eigenvalue weighted by Crippen LogP contribution is 2.38. The van der Waals surface area contributed by atoms with Gasteiger partial charge in [0.15, 0.2) is 6.79 Å². The molecule has 1 N–H and O–H groups in total. The average molecular weight is 284 g/mol. The van der Waals surface area contributed by atoms with E-state index in [0.717, 1.165) is 0 Å². The molecule has 0 spiro atoms. The summed E-state index contributed by atoms with van der Waals surface area (Å²) in [5.41, 5.74) is 0. The summed E-state index contributed by atoms with van der Waals surface area (Å²) in [6, 6.07) is 0.0825. The van der Waals surface area contributed by atoms with Crippen LogP contribution in [0.3, 0.4) is 0 Å². The molecule has 2 aliphatic rings. The fourth-order valence-electron chi connectivity index (χ4n) is 3.04. The molecule has 1 saturated carbocycles. The largest absolute Gasteiger partial charge is 0.341 e. The summed E-state index contributed by atoms with van der Waals surface area (Å²) in [5.74, 6) is 1.50. The van der Waals surface area contributed by atoms with E-state index in [1.807, 2.05) is 25.8 Å². The van der Waals surface area contributed by atoms with Crippen molar-refractivity contribution in [2.75, 3.05) is 13.8 Å². The quantitative estimate of drug-likeness (QED) is 0.774. The number of carbonyl (C=O) groups is 1. The van der Waals surface area contributed by atoms with Crippen molar-refractivity contribution in [2.24, 2.45) is 17.8 Å². The first-order valence-corrected chi connectivity index (χ1v) is 7.67. The molecule has 1 heterocycles. The fourth-order valence-corrected chi connectivity index (χ4v) is 3.04. The molecule has 0 aromatic carbocycles. The maximum absolute atomic E-state index is 12.8. The van der Waals surface area contributed by atoms with Crippen LogP contribution in [0.5, 0.6) is 0 Å². The lowest BCUT2D eigenvalue weighted by atomic mass is 9.95. The number of nitrogens with zero attached hydrogens (tertiary/aromatic N) is 1. The van der Waals surface area contributed by atoms with Gasteiger partial charge in [-0.1, -0.05) is 27.7 Å². The molecule has 20 heavy (non-hydrogen) atoms. The van der Waals surface area contributed by atoms with Crippen LogP contribution in [-0.2, 0) is 14.3 Å². The molecule has 116 valence electrons. The molecule has 1 aliphatic carbocycles. The first kappa shape index (κ1) is 15.7. The number of nitrogens with one attached hydrogen (secondary N) is 1. The monoisotopic (exact) mass is 284 g/mol. The molecule has 1 amide bonds. The zero-order chi connectivity index (χ0) is 14.9. The molecule has 0 radical (unpaired) electrons. The number of ether oxygens (including phenoxy) is 2. The summed E-state index contributed by atoms with van der Waals surface area (Å²) in [5, 5.41) is 3.15. The van der Waals surface area contributed by atoms with E-state index in [0.29, 0.717) is 24.7 Å². The number of carbonyl (C=O) groups excluding carboxylic acids is 1. The summed E-state index contributed by atoms with van der Waals surface area (Å²) < 4.78 is 10.4. The van der Waals surface area contributed by atoms with Gasteiger partial charge in [-0.25, -0.2) is 0 Å². The molecular formula is C15H28N2O3. The van der Waals surface area contributed by atoms with Crippen LogP contribution in [0.2, 0.25) is 0 Å². The second-order valence-electron chi connectivity index (χ2n) is 6.69. The Kier molecular flexibility index (Phi) is 5.04. The van der Waals surface area contributed by atoms with Crippen LogP contribution in [0.15, 0.2) is 0 Å². The van der Waals surface area contributed by atoms with Crippen molar-refractivity contribution in [3.05, 3.63) is 0 Å². The van der Waals surface area contributed by atoms with E-state index < -0.39 is 6.41 Å². The second kappa shape index (κ2) is 6.41. The molecule has 0 unspecified atom stereocenters. The van der Waals surface area contributed by atoms with E-state index in [1.54, 1.807) is 0 Å². The van der Waals surface area contributed by atoms with E-state index in [2.05, 4.69) is 19.2 Å². The third-order valence-corrected chi connectivity index (χ3v) is 4.27. The summed E-state index contributed by atoms with van der Waals surface area (Å²) in [7, 11) is 1.94. The Morgan fingerprint density at radius 1 is 1.15 bits per heavy atom. The van der Waals surface area contributed by atoms with Gasteiger partial charge in [-0.05, 0) is 30.6 Å². The second-order valence-corrected chi connectivity index (χ2v) is 6.69. The number of rotatable bonds is 7. The van der Waals surface area contributed by atoms with Crippen LogP contribution in [-0.4, -0.2) is 43.1 Å². The maximum atomic E-state index is 12.8. The molecule has 2 atom stereocenters. The summed E-state index contributed by atoms with van der Waals surface area (Å²) in [4.78, 5) is 14.7. The van der Waals surface area contributed by atoms with Gasteiger partial charge >= 0.3 is 0 Å². The number of hydrogen-bond acceptors (Lipinski definition) is 4. The Hall–Kier alpha value is -0.650. The minimum absolute atomic E-state index is 0.143. The highest BCUT2D eigenvalue weighted by atomic mass is 16.9. The molecule has 2 fully saturated rings. The van der Waals surface area contributed by atoms with Crippen LogP contribution in [0.4, 0.5) is 0 Å². The maximum Gasteiger partial charge on any atom is 0.240 e. The summed E-state index contributed by atoms with van der Waals surface area (Å²) in [6.45, 7) is 8.79. The molecule has 0 aromatic heterocycles. The highest BCUT2D eigenvalue weighted by molar-refractivity contribution is 5.82. The van der Waals surface area contributed by atoms with Crippen molar-refractivity contribution in [1.82, 2.24) is 10.2 Å².